The molecule has 1 amide bonds. The standard InChI is InChI=1S/C12H13FN2O/c1-2-11(16)15-8-12(13,9-15)6-10-4-3-5-14-7-10/h2-5,7H,1,6,8-9H2. The van der Waals surface area contributed by atoms with E-state index in [4.69, 9.17) is 0 Å². The molecule has 4 heteroatoms. The fraction of sp³-hybridized carbons (Fsp3) is 0.333. The Labute approximate surface area is 93.6 Å². The monoisotopic (exact) mass is 220 g/mol. The van der Waals surface area contributed by atoms with Gasteiger partial charge in [-0.15, -0.1) is 0 Å². The van der Waals surface area contributed by atoms with E-state index in [0.717, 1.165) is 5.56 Å². The van der Waals surface area contributed by atoms with Crippen molar-refractivity contribution in [2.24, 2.45) is 0 Å². The Morgan fingerprint density at radius 3 is 3.00 bits per heavy atom. The van der Waals surface area contributed by atoms with E-state index >= 15 is 0 Å². The Morgan fingerprint density at radius 1 is 1.69 bits per heavy atom. The molecule has 16 heavy (non-hydrogen) atoms. The number of hydrogen-bond acceptors (Lipinski definition) is 2. The summed E-state index contributed by atoms with van der Waals surface area (Å²) < 4.78 is 14.1. The van der Waals surface area contributed by atoms with Crippen LogP contribution in [0.3, 0.4) is 0 Å². The molecular formula is C12H13FN2O. The third-order valence-electron chi connectivity index (χ3n) is 2.68. The Kier molecular flexibility index (Phi) is 2.73. The summed E-state index contributed by atoms with van der Waals surface area (Å²) in [5, 5.41) is 0. The first-order valence-electron chi connectivity index (χ1n) is 5.12. The van der Waals surface area contributed by atoms with Gasteiger partial charge in [0, 0.05) is 18.8 Å². The van der Waals surface area contributed by atoms with Crippen LogP contribution in [0.5, 0.6) is 0 Å². The van der Waals surface area contributed by atoms with Crippen molar-refractivity contribution in [3.05, 3.63) is 42.7 Å². The highest BCUT2D eigenvalue weighted by Gasteiger charge is 2.44. The van der Waals surface area contributed by atoms with E-state index in [0.29, 0.717) is 6.42 Å². The van der Waals surface area contributed by atoms with Crippen LogP contribution in [0, 0.1) is 0 Å². The molecule has 1 saturated heterocycles. The lowest BCUT2D eigenvalue weighted by Crippen LogP contribution is -2.61. The second-order valence-corrected chi connectivity index (χ2v) is 4.09. The van der Waals surface area contributed by atoms with E-state index in [-0.39, 0.29) is 19.0 Å². The summed E-state index contributed by atoms with van der Waals surface area (Å²) in [6, 6.07) is 3.62. The molecule has 0 saturated carbocycles. The molecule has 0 aromatic carbocycles. The molecule has 0 aliphatic carbocycles. The number of carbonyl (C=O) groups is 1. The van der Waals surface area contributed by atoms with E-state index in [1.54, 1.807) is 18.5 Å². The number of amides is 1. The quantitative estimate of drug-likeness (QED) is 0.721. The molecule has 0 bridgehead atoms. The van der Waals surface area contributed by atoms with Gasteiger partial charge in [-0.25, -0.2) is 4.39 Å². The maximum absolute atomic E-state index is 14.1. The van der Waals surface area contributed by atoms with Crippen LogP contribution >= 0.6 is 0 Å². The smallest absolute Gasteiger partial charge is 0.246 e. The van der Waals surface area contributed by atoms with Gasteiger partial charge in [0.05, 0.1) is 13.1 Å². The molecule has 0 atom stereocenters. The van der Waals surface area contributed by atoms with E-state index in [9.17, 15) is 9.18 Å². The van der Waals surface area contributed by atoms with E-state index < -0.39 is 5.67 Å². The summed E-state index contributed by atoms with van der Waals surface area (Å²) in [7, 11) is 0. The van der Waals surface area contributed by atoms with E-state index in [1.165, 1.54) is 11.0 Å². The number of pyridine rings is 1. The van der Waals surface area contributed by atoms with Crippen LogP contribution in [0.2, 0.25) is 0 Å². The highest BCUT2D eigenvalue weighted by atomic mass is 19.1. The first-order valence-corrected chi connectivity index (χ1v) is 5.12. The SMILES string of the molecule is C=CC(=O)N1CC(F)(Cc2cccnc2)C1. The third kappa shape index (κ3) is 2.10. The van der Waals surface area contributed by atoms with Crippen molar-refractivity contribution < 1.29 is 9.18 Å². The second kappa shape index (κ2) is 4.04. The molecule has 3 nitrogen and oxygen atoms in total. The van der Waals surface area contributed by atoms with Crippen LogP contribution in [0.1, 0.15) is 5.56 Å². The minimum atomic E-state index is -1.30. The molecular weight excluding hydrogens is 207 g/mol. The van der Waals surface area contributed by atoms with Crippen LogP contribution in [0.25, 0.3) is 0 Å². The van der Waals surface area contributed by atoms with Gasteiger partial charge in [-0.3, -0.25) is 9.78 Å². The van der Waals surface area contributed by atoms with Gasteiger partial charge in [0.2, 0.25) is 5.91 Å². The lowest BCUT2D eigenvalue weighted by molar-refractivity contribution is -0.139. The minimum Gasteiger partial charge on any atom is -0.333 e. The predicted octanol–water partition coefficient (Wildman–Crippen LogP) is 1.36. The van der Waals surface area contributed by atoms with Crippen molar-refractivity contribution in [2.75, 3.05) is 13.1 Å². The predicted molar refractivity (Wildman–Crippen MR) is 58.6 cm³/mol. The number of nitrogens with zero attached hydrogens (tertiary/aromatic N) is 2. The van der Waals surface area contributed by atoms with Crippen LogP contribution in [0.4, 0.5) is 4.39 Å². The van der Waals surface area contributed by atoms with Crippen LogP contribution < -0.4 is 0 Å². The Balaban J connectivity index is 1.93. The van der Waals surface area contributed by atoms with Gasteiger partial charge in [0.15, 0.2) is 0 Å². The number of carbonyl (C=O) groups excluding carboxylic acids is 1. The molecule has 0 unspecified atom stereocenters. The molecule has 0 N–H and O–H groups in total. The van der Waals surface area contributed by atoms with Crippen molar-refractivity contribution in [3.63, 3.8) is 0 Å². The molecule has 0 radical (unpaired) electrons. The Bertz CT molecular complexity index is 399. The summed E-state index contributed by atoms with van der Waals surface area (Å²) in [6.45, 7) is 3.66. The minimum absolute atomic E-state index is 0.146. The highest BCUT2D eigenvalue weighted by Crippen LogP contribution is 2.29. The van der Waals surface area contributed by atoms with Gasteiger partial charge in [-0.05, 0) is 17.7 Å². The summed E-state index contributed by atoms with van der Waals surface area (Å²) >= 11 is 0. The summed E-state index contributed by atoms with van der Waals surface area (Å²) in [4.78, 5) is 16.5. The number of rotatable bonds is 3. The van der Waals surface area contributed by atoms with Gasteiger partial charge in [-0.2, -0.15) is 0 Å². The fourth-order valence-corrected chi connectivity index (χ4v) is 1.90. The Morgan fingerprint density at radius 2 is 2.44 bits per heavy atom. The average molecular weight is 220 g/mol. The van der Waals surface area contributed by atoms with Crippen molar-refractivity contribution in [1.82, 2.24) is 9.88 Å². The normalized spacial score (nSPS) is 17.7. The van der Waals surface area contributed by atoms with Crippen LogP contribution in [-0.4, -0.2) is 34.5 Å². The summed E-state index contributed by atoms with van der Waals surface area (Å²) in [6.07, 6.45) is 4.83. The zero-order chi connectivity index (χ0) is 11.6. The summed E-state index contributed by atoms with van der Waals surface area (Å²) in [5.74, 6) is -0.209. The number of alkyl halides is 1. The van der Waals surface area contributed by atoms with Crippen LogP contribution in [0.15, 0.2) is 37.2 Å². The lowest BCUT2D eigenvalue weighted by atomic mass is 9.89. The first-order chi connectivity index (χ1) is 7.63. The molecule has 1 aromatic heterocycles. The number of hydrogen-bond donors (Lipinski definition) is 0. The van der Waals surface area contributed by atoms with Crippen molar-refractivity contribution in [1.29, 1.82) is 0 Å². The molecule has 2 heterocycles. The number of aromatic nitrogens is 1. The molecule has 2 rings (SSSR count). The van der Waals surface area contributed by atoms with Gasteiger partial charge in [0.1, 0.15) is 5.67 Å². The van der Waals surface area contributed by atoms with E-state index in [1.807, 2.05) is 6.07 Å². The maximum Gasteiger partial charge on any atom is 0.246 e. The van der Waals surface area contributed by atoms with Crippen molar-refractivity contribution in [3.8, 4) is 0 Å². The lowest BCUT2D eigenvalue weighted by Gasteiger charge is -2.44. The maximum atomic E-state index is 14.1. The van der Waals surface area contributed by atoms with Crippen molar-refractivity contribution >= 4 is 5.91 Å². The number of likely N-dealkylation sites (tertiary alicyclic amines) is 1. The molecule has 1 aliphatic rings. The van der Waals surface area contributed by atoms with Crippen molar-refractivity contribution in [2.45, 2.75) is 12.1 Å². The molecule has 84 valence electrons. The van der Waals surface area contributed by atoms with E-state index in [2.05, 4.69) is 11.6 Å². The second-order valence-electron chi connectivity index (χ2n) is 4.09. The Hall–Kier alpha value is -1.71. The van der Waals surface area contributed by atoms with Gasteiger partial charge >= 0.3 is 0 Å². The largest absolute Gasteiger partial charge is 0.333 e. The van der Waals surface area contributed by atoms with Crippen LogP contribution in [-0.2, 0) is 11.2 Å². The zero-order valence-corrected chi connectivity index (χ0v) is 8.90. The fourth-order valence-electron chi connectivity index (χ4n) is 1.90. The average Bonchev–Trinajstić information content (AvgIpc) is 2.26. The first kappa shape index (κ1) is 10.8. The van der Waals surface area contributed by atoms with Gasteiger partial charge in [-0.1, -0.05) is 12.6 Å². The topological polar surface area (TPSA) is 33.2 Å². The van der Waals surface area contributed by atoms with Gasteiger partial charge < -0.3 is 4.90 Å². The molecule has 1 aromatic rings. The van der Waals surface area contributed by atoms with Gasteiger partial charge in [0.25, 0.3) is 0 Å². The summed E-state index contributed by atoms with van der Waals surface area (Å²) in [5.41, 5.74) is -0.447. The molecule has 1 fully saturated rings. The molecule has 1 aliphatic heterocycles. The molecule has 0 spiro atoms. The highest BCUT2D eigenvalue weighted by molar-refractivity contribution is 5.87. The number of halogens is 1. The zero-order valence-electron chi connectivity index (χ0n) is 8.90. The third-order valence-corrected chi connectivity index (χ3v) is 2.68.